The van der Waals surface area contributed by atoms with E-state index in [1.807, 2.05) is 0 Å². The number of hydrogen-bond acceptors (Lipinski definition) is 7. The highest BCUT2D eigenvalue weighted by Gasteiger charge is 2.30. The van der Waals surface area contributed by atoms with Gasteiger partial charge in [0.1, 0.15) is 24.8 Å². The van der Waals surface area contributed by atoms with Crippen molar-refractivity contribution in [3.63, 3.8) is 0 Å². The molecule has 0 unspecified atom stereocenters. The lowest BCUT2D eigenvalue weighted by Crippen LogP contribution is -2.38. The van der Waals surface area contributed by atoms with E-state index in [1.165, 1.54) is 30.3 Å². The number of halogens is 1. The van der Waals surface area contributed by atoms with Crippen molar-refractivity contribution in [2.75, 3.05) is 41.4 Å². The Labute approximate surface area is 173 Å². The summed E-state index contributed by atoms with van der Waals surface area (Å²) < 4.78 is 72.8. The van der Waals surface area contributed by atoms with Gasteiger partial charge in [0.05, 0.1) is 22.9 Å². The van der Waals surface area contributed by atoms with Gasteiger partial charge < -0.3 is 9.47 Å². The Kier molecular flexibility index (Phi) is 6.17. The fraction of sp³-hybridized carbons (Fsp3) is 0.278. The van der Waals surface area contributed by atoms with Crippen molar-refractivity contribution < 1.29 is 35.5 Å². The Morgan fingerprint density at radius 1 is 1.17 bits per heavy atom. The highest BCUT2D eigenvalue weighted by molar-refractivity contribution is 7.92. The second-order valence-corrected chi connectivity index (χ2v) is 10.6. The van der Waals surface area contributed by atoms with E-state index in [0.717, 1.165) is 22.7 Å². The lowest BCUT2D eigenvalue weighted by atomic mass is 10.2. The number of rotatable bonds is 6. The molecule has 0 aromatic heterocycles. The first kappa shape index (κ1) is 21.8. The van der Waals surface area contributed by atoms with Crippen molar-refractivity contribution in [2.45, 2.75) is 4.90 Å². The van der Waals surface area contributed by atoms with E-state index in [0.29, 0.717) is 5.75 Å². The number of hydrogen-bond donors (Lipinski definition) is 1. The molecule has 0 saturated carbocycles. The van der Waals surface area contributed by atoms with Gasteiger partial charge in [-0.15, -0.1) is 0 Å². The van der Waals surface area contributed by atoms with E-state index >= 15 is 0 Å². The van der Waals surface area contributed by atoms with Crippen molar-refractivity contribution in [1.82, 2.24) is 0 Å². The molecule has 3 rings (SSSR count). The number of ether oxygens (including phenoxy) is 2. The highest BCUT2D eigenvalue weighted by Crippen LogP contribution is 2.37. The van der Waals surface area contributed by atoms with E-state index in [9.17, 15) is 26.0 Å². The Balaban J connectivity index is 1.81. The molecule has 1 heterocycles. The third-order valence-corrected chi connectivity index (χ3v) is 6.85. The van der Waals surface area contributed by atoms with Crippen molar-refractivity contribution in [2.24, 2.45) is 0 Å². The van der Waals surface area contributed by atoms with Crippen LogP contribution in [-0.4, -0.2) is 54.7 Å². The molecule has 1 aliphatic rings. The average Bonchev–Trinajstić information content (AvgIpc) is 2.66. The summed E-state index contributed by atoms with van der Waals surface area (Å²) in [6.07, 6.45) is 0.136. The van der Waals surface area contributed by atoms with E-state index in [2.05, 4.69) is 5.32 Å². The number of nitrogens with one attached hydrogen (secondary N) is 1. The lowest BCUT2D eigenvalue weighted by Gasteiger charge is -2.30. The zero-order chi connectivity index (χ0) is 21.9. The standard InChI is InChI=1S/C18H19FN2O7S2/c1-29(23,24)11-10-28-18(22)20-14-4-7-17-16(12-14)21(8-9-27-17)30(25,26)15-5-2-13(19)3-6-15/h2-7,12H,8-11H2,1H3,(H,20,22). The highest BCUT2D eigenvalue weighted by atomic mass is 32.2. The molecular weight excluding hydrogens is 439 g/mol. The molecule has 0 saturated heterocycles. The maximum atomic E-state index is 13.2. The zero-order valence-corrected chi connectivity index (χ0v) is 17.5. The van der Waals surface area contributed by atoms with Gasteiger partial charge in [-0.2, -0.15) is 0 Å². The fourth-order valence-electron chi connectivity index (χ4n) is 2.69. The van der Waals surface area contributed by atoms with Gasteiger partial charge in [-0.1, -0.05) is 0 Å². The number of benzene rings is 2. The number of carbonyl (C=O) groups excluding carboxylic acids is 1. The summed E-state index contributed by atoms with van der Waals surface area (Å²) in [5.74, 6) is -0.581. The Morgan fingerprint density at radius 3 is 2.53 bits per heavy atom. The summed E-state index contributed by atoms with van der Waals surface area (Å²) in [5.41, 5.74) is 0.419. The van der Waals surface area contributed by atoms with Crippen LogP contribution in [0.25, 0.3) is 0 Å². The number of fused-ring (bicyclic) bond motifs is 1. The maximum Gasteiger partial charge on any atom is 0.411 e. The van der Waals surface area contributed by atoms with Crippen LogP contribution in [0.15, 0.2) is 47.4 Å². The minimum atomic E-state index is -3.99. The van der Waals surface area contributed by atoms with Gasteiger partial charge >= 0.3 is 6.09 Å². The van der Waals surface area contributed by atoms with Crippen LogP contribution in [0.3, 0.4) is 0 Å². The molecular formula is C18H19FN2O7S2. The predicted molar refractivity (Wildman–Crippen MR) is 108 cm³/mol. The molecule has 0 radical (unpaired) electrons. The normalized spacial score (nSPS) is 13.9. The minimum absolute atomic E-state index is 0.0228. The molecule has 1 N–H and O–H groups in total. The van der Waals surface area contributed by atoms with Crippen LogP contribution in [0.2, 0.25) is 0 Å². The molecule has 0 spiro atoms. The second kappa shape index (κ2) is 8.48. The number of anilines is 2. The Morgan fingerprint density at radius 2 is 1.87 bits per heavy atom. The molecule has 0 bridgehead atoms. The molecule has 0 fully saturated rings. The Hall–Kier alpha value is -2.86. The van der Waals surface area contributed by atoms with Gasteiger partial charge in [-0.3, -0.25) is 9.62 Å². The molecule has 0 atom stereocenters. The molecule has 1 aliphatic heterocycles. The van der Waals surface area contributed by atoms with Crippen LogP contribution in [0.4, 0.5) is 20.6 Å². The second-order valence-electron chi connectivity index (χ2n) is 6.45. The van der Waals surface area contributed by atoms with E-state index in [4.69, 9.17) is 9.47 Å². The first-order valence-electron chi connectivity index (χ1n) is 8.73. The van der Waals surface area contributed by atoms with Gasteiger partial charge in [-0.05, 0) is 42.5 Å². The monoisotopic (exact) mass is 458 g/mol. The summed E-state index contributed by atoms with van der Waals surface area (Å²) in [5, 5.41) is 2.41. The van der Waals surface area contributed by atoms with Crippen LogP contribution < -0.4 is 14.4 Å². The molecule has 2 aromatic rings. The molecule has 12 heteroatoms. The summed E-state index contributed by atoms with van der Waals surface area (Å²) in [6.45, 7) is -0.174. The van der Waals surface area contributed by atoms with Gasteiger partial charge in [0, 0.05) is 11.9 Å². The molecule has 2 aromatic carbocycles. The Bertz CT molecular complexity index is 1150. The van der Waals surface area contributed by atoms with E-state index in [-0.39, 0.29) is 41.8 Å². The smallest absolute Gasteiger partial charge is 0.411 e. The summed E-state index contributed by atoms with van der Waals surface area (Å²) in [6, 6.07) is 8.82. The van der Waals surface area contributed by atoms with Crippen molar-refractivity contribution in [3.8, 4) is 5.75 Å². The van der Waals surface area contributed by atoms with Crippen molar-refractivity contribution in [3.05, 3.63) is 48.3 Å². The fourth-order valence-corrected chi connectivity index (χ4v) is 4.53. The van der Waals surface area contributed by atoms with Crippen LogP contribution in [0.1, 0.15) is 0 Å². The summed E-state index contributed by atoms with van der Waals surface area (Å²) in [4.78, 5) is 11.8. The predicted octanol–water partition coefficient (Wildman–Crippen LogP) is 2.01. The topological polar surface area (TPSA) is 119 Å². The third-order valence-electron chi connectivity index (χ3n) is 4.11. The van der Waals surface area contributed by atoms with Crippen LogP contribution in [-0.2, 0) is 24.6 Å². The minimum Gasteiger partial charge on any atom is -0.489 e. The molecule has 9 nitrogen and oxygen atoms in total. The molecule has 162 valence electrons. The van der Waals surface area contributed by atoms with Crippen molar-refractivity contribution in [1.29, 1.82) is 0 Å². The van der Waals surface area contributed by atoms with E-state index in [1.54, 1.807) is 0 Å². The SMILES string of the molecule is CS(=O)(=O)CCOC(=O)Nc1ccc2c(c1)N(S(=O)(=O)c1ccc(F)cc1)CCO2. The number of sulfonamides is 1. The zero-order valence-electron chi connectivity index (χ0n) is 15.9. The first-order valence-corrected chi connectivity index (χ1v) is 12.2. The van der Waals surface area contributed by atoms with Crippen LogP contribution in [0, 0.1) is 5.82 Å². The maximum absolute atomic E-state index is 13.2. The third kappa shape index (κ3) is 5.19. The van der Waals surface area contributed by atoms with Crippen LogP contribution >= 0.6 is 0 Å². The van der Waals surface area contributed by atoms with Gasteiger partial charge in [0.2, 0.25) is 0 Å². The number of sulfone groups is 1. The number of amides is 1. The number of nitrogens with zero attached hydrogens (tertiary/aromatic N) is 1. The van der Waals surface area contributed by atoms with Crippen LogP contribution in [0.5, 0.6) is 5.75 Å². The number of carbonyl (C=O) groups is 1. The van der Waals surface area contributed by atoms with Gasteiger partial charge in [0.25, 0.3) is 10.0 Å². The average molecular weight is 458 g/mol. The first-order chi connectivity index (χ1) is 14.1. The van der Waals surface area contributed by atoms with Gasteiger partial charge in [0.15, 0.2) is 9.84 Å². The quantitative estimate of drug-likeness (QED) is 0.703. The summed E-state index contributed by atoms with van der Waals surface area (Å²) in [7, 11) is -7.27. The molecule has 30 heavy (non-hydrogen) atoms. The largest absolute Gasteiger partial charge is 0.489 e. The van der Waals surface area contributed by atoms with E-state index < -0.39 is 31.8 Å². The van der Waals surface area contributed by atoms with Crippen molar-refractivity contribution >= 4 is 37.3 Å². The molecule has 0 aliphatic carbocycles. The molecule has 1 amide bonds. The van der Waals surface area contributed by atoms with Gasteiger partial charge in [-0.25, -0.2) is 26.0 Å². The summed E-state index contributed by atoms with van der Waals surface area (Å²) >= 11 is 0. The lowest BCUT2D eigenvalue weighted by molar-refractivity contribution is 0.168.